The topological polar surface area (TPSA) is 95.9 Å². The third-order valence-corrected chi connectivity index (χ3v) is 16.7. The summed E-state index contributed by atoms with van der Waals surface area (Å²) in [7, 11) is 0. The molecule has 0 fully saturated rings. The molecular formula is C72H139NO5. The van der Waals surface area contributed by atoms with Gasteiger partial charge < -0.3 is 20.3 Å². The van der Waals surface area contributed by atoms with Gasteiger partial charge in [0.15, 0.2) is 0 Å². The van der Waals surface area contributed by atoms with Crippen LogP contribution in [0.4, 0.5) is 0 Å². The van der Waals surface area contributed by atoms with Crippen molar-refractivity contribution in [2.45, 2.75) is 411 Å². The summed E-state index contributed by atoms with van der Waals surface area (Å²) in [6.07, 6.45) is 85.5. The van der Waals surface area contributed by atoms with E-state index >= 15 is 0 Å². The molecule has 0 radical (unpaired) electrons. The number of rotatable bonds is 67. The largest absolute Gasteiger partial charge is 0.466 e. The summed E-state index contributed by atoms with van der Waals surface area (Å²) >= 11 is 0. The Labute approximate surface area is 488 Å². The number of nitrogens with one attached hydrogen (secondary N) is 1. The molecule has 3 N–H and O–H groups in total. The number of allylic oxidation sites excluding steroid dienone is 4. The second-order valence-corrected chi connectivity index (χ2v) is 24.6. The summed E-state index contributed by atoms with van der Waals surface area (Å²) in [5.41, 5.74) is 0. The predicted molar refractivity (Wildman–Crippen MR) is 343 cm³/mol. The van der Waals surface area contributed by atoms with E-state index in [-0.39, 0.29) is 18.5 Å². The zero-order valence-electron chi connectivity index (χ0n) is 52.9. The van der Waals surface area contributed by atoms with Crippen LogP contribution in [0.5, 0.6) is 0 Å². The van der Waals surface area contributed by atoms with Crippen molar-refractivity contribution in [3.05, 3.63) is 24.3 Å². The third-order valence-electron chi connectivity index (χ3n) is 16.7. The van der Waals surface area contributed by atoms with Gasteiger partial charge in [-0.25, -0.2) is 0 Å². The number of esters is 1. The SMILES string of the molecule is CCCCCC/C=C\CCCCCCCC(=O)OCCCCCCCCCCCCCCCCCCCC/C=C\CCCCCCCCCCCCCCCCCCCC(=O)NC(CO)C(O)CCCCCCCCCCC. The molecule has 6 heteroatoms. The maximum absolute atomic E-state index is 12.4. The van der Waals surface area contributed by atoms with Crippen molar-refractivity contribution < 1.29 is 24.5 Å². The van der Waals surface area contributed by atoms with Crippen LogP contribution in [0.25, 0.3) is 0 Å². The third kappa shape index (κ3) is 63.5. The fourth-order valence-corrected chi connectivity index (χ4v) is 11.3. The van der Waals surface area contributed by atoms with Gasteiger partial charge in [-0.3, -0.25) is 9.59 Å². The molecule has 0 spiro atoms. The number of amides is 1. The van der Waals surface area contributed by atoms with E-state index in [9.17, 15) is 19.8 Å². The number of ether oxygens (including phenoxy) is 1. The lowest BCUT2D eigenvalue weighted by Crippen LogP contribution is -2.45. The number of unbranched alkanes of at least 4 members (excludes halogenated alkanes) is 52. The zero-order chi connectivity index (χ0) is 56.4. The Morgan fingerprint density at radius 1 is 0.346 bits per heavy atom. The molecule has 78 heavy (non-hydrogen) atoms. The molecule has 0 saturated carbocycles. The minimum atomic E-state index is -0.658. The molecule has 462 valence electrons. The molecule has 2 unspecified atom stereocenters. The van der Waals surface area contributed by atoms with E-state index in [0.717, 1.165) is 44.9 Å². The van der Waals surface area contributed by atoms with Crippen molar-refractivity contribution in [1.82, 2.24) is 5.32 Å². The molecule has 1 amide bonds. The second kappa shape index (κ2) is 67.8. The molecule has 0 aliphatic carbocycles. The fraction of sp³-hybridized carbons (Fsp3) is 0.917. The van der Waals surface area contributed by atoms with Crippen molar-refractivity contribution in [3.63, 3.8) is 0 Å². The van der Waals surface area contributed by atoms with Crippen molar-refractivity contribution in [2.24, 2.45) is 0 Å². The Hall–Kier alpha value is -1.66. The lowest BCUT2D eigenvalue weighted by molar-refractivity contribution is -0.143. The first kappa shape index (κ1) is 76.3. The van der Waals surface area contributed by atoms with Crippen molar-refractivity contribution in [1.29, 1.82) is 0 Å². The Bertz CT molecular complexity index is 1220. The lowest BCUT2D eigenvalue weighted by Gasteiger charge is -2.22. The van der Waals surface area contributed by atoms with E-state index in [0.29, 0.717) is 25.9 Å². The lowest BCUT2D eigenvalue weighted by atomic mass is 10.0. The van der Waals surface area contributed by atoms with Crippen molar-refractivity contribution >= 4 is 11.9 Å². The minimum Gasteiger partial charge on any atom is -0.466 e. The van der Waals surface area contributed by atoms with Gasteiger partial charge in [0.25, 0.3) is 0 Å². The van der Waals surface area contributed by atoms with Gasteiger partial charge in [-0.2, -0.15) is 0 Å². The molecule has 0 heterocycles. The highest BCUT2D eigenvalue weighted by molar-refractivity contribution is 5.76. The number of carbonyl (C=O) groups excluding carboxylic acids is 2. The monoisotopic (exact) mass is 1100 g/mol. The van der Waals surface area contributed by atoms with Gasteiger partial charge in [0, 0.05) is 12.8 Å². The number of aliphatic hydroxyl groups excluding tert-OH is 2. The molecule has 2 atom stereocenters. The van der Waals surface area contributed by atoms with Crippen LogP contribution in [0.3, 0.4) is 0 Å². The van der Waals surface area contributed by atoms with Gasteiger partial charge >= 0.3 is 5.97 Å². The molecule has 6 nitrogen and oxygen atoms in total. The van der Waals surface area contributed by atoms with Crippen LogP contribution in [0.15, 0.2) is 24.3 Å². The summed E-state index contributed by atoms with van der Waals surface area (Å²) < 4.78 is 5.48. The molecular weight excluding hydrogens is 959 g/mol. The van der Waals surface area contributed by atoms with Crippen LogP contribution in [0.1, 0.15) is 399 Å². The molecule has 0 aromatic heterocycles. The second-order valence-electron chi connectivity index (χ2n) is 24.6. The molecule has 0 aliphatic rings. The highest BCUT2D eigenvalue weighted by Crippen LogP contribution is 2.19. The summed E-state index contributed by atoms with van der Waals surface area (Å²) in [5.74, 6) is -0.0177. The summed E-state index contributed by atoms with van der Waals surface area (Å²) in [4.78, 5) is 24.5. The first-order valence-electron chi connectivity index (χ1n) is 35.6. The van der Waals surface area contributed by atoms with Gasteiger partial charge in [0.05, 0.1) is 25.4 Å². The van der Waals surface area contributed by atoms with E-state index in [1.165, 1.54) is 321 Å². The Morgan fingerprint density at radius 2 is 0.603 bits per heavy atom. The smallest absolute Gasteiger partial charge is 0.305 e. The zero-order valence-corrected chi connectivity index (χ0v) is 52.9. The number of carbonyl (C=O) groups is 2. The highest BCUT2D eigenvalue weighted by atomic mass is 16.5. The molecule has 0 rings (SSSR count). The first-order chi connectivity index (χ1) is 38.5. The summed E-state index contributed by atoms with van der Waals surface area (Å²) in [6, 6.07) is -0.535. The van der Waals surface area contributed by atoms with Crippen molar-refractivity contribution in [2.75, 3.05) is 13.2 Å². The maximum atomic E-state index is 12.4. The normalized spacial score (nSPS) is 12.6. The van der Waals surface area contributed by atoms with Crippen LogP contribution in [-0.2, 0) is 14.3 Å². The molecule has 0 aromatic rings. The van der Waals surface area contributed by atoms with Gasteiger partial charge in [-0.1, -0.05) is 334 Å². The van der Waals surface area contributed by atoms with E-state index in [2.05, 4.69) is 43.5 Å². The maximum Gasteiger partial charge on any atom is 0.305 e. The average molecular weight is 1100 g/mol. The Balaban J connectivity index is 3.29. The number of aliphatic hydroxyl groups is 2. The van der Waals surface area contributed by atoms with Crippen LogP contribution in [-0.4, -0.2) is 47.4 Å². The van der Waals surface area contributed by atoms with Crippen LogP contribution in [0, 0.1) is 0 Å². The predicted octanol–water partition coefficient (Wildman–Crippen LogP) is 22.9. The van der Waals surface area contributed by atoms with Crippen LogP contribution in [0.2, 0.25) is 0 Å². The minimum absolute atomic E-state index is 0.0135. The standard InChI is InChI=1S/C72H139NO5/c1-3-5-7-9-11-13-14-42-46-50-54-58-62-66-72(77)78-67-63-59-55-51-47-44-41-39-37-35-33-31-29-27-25-23-21-19-17-15-16-18-20-22-24-26-28-30-32-34-36-38-40-43-45-49-53-57-61-65-71(76)73-69(68-74)70(75)64-60-56-52-48-12-10-8-6-4-2/h13-16,69-70,74-75H,3-12,17-68H2,1-2H3,(H,73,76)/b14-13-,16-15-. The van der Waals surface area contributed by atoms with Gasteiger partial charge in [-0.15, -0.1) is 0 Å². The first-order valence-corrected chi connectivity index (χ1v) is 35.6. The number of hydrogen-bond acceptors (Lipinski definition) is 5. The van der Waals surface area contributed by atoms with Crippen molar-refractivity contribution in [3.8, 4) is 0 Å². The quantitative estimate of drug-likeness (QED) is 0.0320. The fourth-order valence-electron chi connectivity index (χ4n) is 11.3. The molecule has 0 aromatic carbocycles. The van der Waals surface area contributed by atoms with Gasteiger partial charge in [-0.05, 0) is 77.0 Å². The average Bonchev–Trinajstić information content (AvgIpc) is 3.44. The molecule has 0 bridgehead atoms. The Morgan fingerprint density at radius 3 is 0.923 bits per heavy atom. The summed E-state index contributed by atoms with van der Waals surface area (Å²) in [6.45, 7) is 4.94. The van der Waals surface area contributed by atoms with Crippen LogP contribution < -0.4 is 5.32 Å². The van der Waals surface area contributed by atoms with E-state index < -0.39 is 12.1 Å². The molecule has 0 aliphatic heterocycles. The van der Waals surface area contributed by atoms with Gasteiger partial charge in [0.2, 0.25) is 5.91 Å². The Kier molecular flexibility index (Phi) is 66.4. The van der Waals surface area contributed by atoms with Crippen LogP contribution >= 0.6 is 0 Å². The highest BCUT2D eigenvalue weighted by Gasteiger charge is 2.20. The molecule has 0 saturated heterocycles. The van der Waals surface area contributed by atoms with E-state index in [1.807, 2.05) is 0 Å². The summed E-state index contributed by atoms with van der Waals surface area (Å²) in [5, 5.41) is 23.1. The van der Waals surface area contributed by atoms with E-state index in [4.69, 9.17) is 4.74 Å². The van der Waals surface area contributed by atoms with E-state index in [1.54, 1.807) is 0 Å². The number of hydrogen-bond donors (Lipinski definition) is 3. The van der Waals surface area contributed by atoms with Gasteiger partial charge in [0.1, 0.15) is 0 Å².